The van der Waals surface area contributed by atoms with Gasteiger partial charge in [-0.1, -0.05) is 29.8 Å². The highest BCUT2D eigenvalue weighted by Crippen LogP contribution is 2.26. The summed E-state index contributed by atoms with van der Waals surface area (Å²) in [5.74, 6) is -0.00965. The van der Waals surface area contributed by atoms with Crippen LogP contribution in [0.5, 0.6) is 0 Å². The van der Waals surface area contributed by atoms with Gasteiger partial charge in [0.15, 0.2) is 0 Å². The van der Waals surface area contributed by atoms with Gasteiger partial charge in [0, 0.05) is 16.2 Å². The molecule has 0 unspecified atom stereocenters. The molecule has 1 aromatic carbocycles. The van der Waals surface area contributed by atoms with Gasteiger partial charge in [-0.15, -0.1) is 0 Å². The second kappa shape index (κ2) is 6.21. The molecule has 0 aliphatic carbocycles. The molecule has 0 aromatic heterocycles. The van der Waals surface area contributed by atoms with Gasteiger partial charge in [0.05, 0.1) is 11.5 Å². The van der Waals surface area contributed by atoms with Crippen molar-refractivity contribution < 1.29 is 13.5 Å². The molecule has 0 spiro atoms. The molecule has 4 N–H and O–H groups in total. The fourth-order valence-electron chi connectivity index (χ4n) is 1.60. The molecule has 0 bridgehead atoms. The second-order valence-corrected chi connectivity index (χ2v) is 7.37. The summed E-state index contributed by atoms with van der Waals surface area (Å²) in [6.07, 6.45) is 0. The van der Waals surface area contributed by atoms with Crippen LogP contribution in [-0.4, -0.2) is 26.2 Å². The summed E-state index contributed by atoms with van der Waals surface area (Å²) >= 11 is 3.23. The van der Waals surface area contributed by atoms with Crippen LogP contribution in [0.1, 0.15) is 19.4 Å². The molecular formula is C12H19BrN2O3S. The number of hydrogen-bond acceptors (Lipinski definition) is 4. The fraction of sp³-hybridized carbons (Fsp3) is 0.500. The minimum absolute atomic E-state index is 0.00965. The molecule has 0 saturated heterocycles. The first-order valence-electron chi connectivity index (χ1n) is 5.88. The molecule has 1 rings (SSSR count). The van der Waals surface area contributed by atoms with Crippen molar-refractivity contribution >= 4 is 31.6 Å². The number of aliphatic hydroxyl groups excluding tert-OH is 1. The lowest BCUT2D eigenvalue weighted by Crippen LogP contribution is -2.41. The van der Waals surface area contributed by atoms with E-state index in [-0.39, 0.29) is 17.4 Å². The van der Waals surface area contributed by atoms with Crippen LogP contribution in [0.4, 0.5) is 5.69 Å². The topological polar surface area (TPSA) is 92.4 Å². The lowest BCUT2D eigenvalue weighted by Gasteiger charge is -2.21. The Labute approximate surface area is 122 Å². The molecule has 0 aliphatic rings. The van der Waals surface area contributed by atoms with Gasteiger partial charge >= 0.3 is 0 Å². The maximum absolute atomic E-state index is 12.3. The first-order chi connectivity index (χ1) is 8.69. The number of nitrogen functional groups attached to an aromatic ring is 1. The van der Waals surface area contributed by atoms with Gasteiger partial charge in [0.2, 0.25) is 10.0 Å². The van der Waals surface area contributed by atoms with Crippen molar-refractivity contribution in [3.05, 3.63) is 22.2 Å². The Morgan fingerprint density at radius 2 is 2.00 bits per heavy atom. The van der Waals surface area contributed by atoms with Crippen molar-refractivity contribution in [2.45, 2.75) is 31.7 Å². The van der Waals surface area contributed by atoms with E-state index in [9.17, 15) is 13.5 Å². The molecule has 0 fully saturated rings. The van der Waals surface area contributed by atoms with Crippen LogP contribution in [0.25, 0.3) is 0 Å². The Morgan fingerprint density at radius 3 is 2.47 bits per heavy atom. The van der Waals surface area contributed by atoms with Gasteiger partial charge in [-0.2, -0.15) is 0 Å². The number of anilines is 1. The van der Waals surface area contributed by atoms with Crippen LogP contribution >= 0.6 is 15.9 Å². The summed E-state index contributed by atoms with van der Waals surface area (Å²) in [5.41, 5.74) is 6.67. The zero-order valence-corrected chi connectivity index (χ0v) is 13.5. The Bertz CT molecular complexity index is 558. The van der Waals surface area contributed by atoms with Crippen molar-refractivity contribution in [3.63, 3.8) is 0 Å². The summed E-state index contributed by atoms with van der Waals surface area (Å²) in [7, 11) is -3.71. The molecule has 0 aliphatic heterocycles. The lowest BCUT2D eigenvalue weighted by atomic mass is 10.1. The number of halogens is 1. The zero-order valence-electron chi connectivity index (χ0n) is 11.1. The SMILES string of the molecule is Cc1c(N)cc(Br)cc1S(=O)(=O)N[C@H](CO)C(C)C. The standard InChI is InChI=1S/C12H19BrN2O3S/c1-7(2)11(6-16)15-19(17,18)12-5-9(13)4-10(14)8(12)3/h4-5,7,11,15-16H,6,14H2,1-3H3/t11-/m1/s1. The van der Waals surface area contributed by atoms with Crippen LogP contribution in [0, 0.1) is 12.8 Å². The third kappa shape index (κ3) is 3.92. The zero-order chi connectivity index (χ0) is 14.8. The van der Waals surface area contributed by atoms with Gasteiger partial charge in [0.1, 0.15) is 0 Å². The van der Waals surface area contributed by atoms with Crippen LogP contribution in [0.15, 0.2) is 21.5 Å². The predicted octanol–water partition coefficient (Wildman–Crippen LogP) is 1.63. The van der Waals surface area contributed by atoms with E-state index < -0.39 is 16.1 Å². The van der Waals surface area contributed by atoms with Crippen molar-refractivity contribution in [2.24, 2.45) is 5.92 Å². The number of aliphatic hydroxyl groups is 1. The molecule has 0 amide bonds. The minimum Gasteiger partial charge on any atom is -0.398 e. The van der Waals surface area contributed by atoms with E-state index >= 15 is 0 Å². The highest BCUT2D eigenvalue weighted by atomic mass is 79.9. The van der Waals surface area contributed by atoms with Gasteiger partial charge in [0.25, 0.3) is 0 Å². The minimum atomic E-state index is -3.71. The van der Waals surface area contributed by atoms with E-state index in [1.54, 1.807) is 13.0 Å². The molecule has 108 valence electrons. The Morgan fingerprint density at radius 1 is 1.42 bits per heavy atom. The number of sulfonamides is 1. The summed E-state index contributed by atoms with van der Waals surface area (Å²) < 4.78 is 27.8. The largest absolute Gasteiger partial charge is 0.398 e. The molecule has 7 heteroatoms. The van der Waals surface area contributed by atoms with Crippen LogP contribution in [-0.2, 0) is 10.0 Å². The number of nitrogens with two attached hydrogens (primary N) is 1. The lowest BCUT2D eigenvalue weighted by molar-refractivity contribution is 0.227. The van der Waals surface area contributed by atoms with Gasteiger partial charge in [-0.25, -0.2) is 13.1 Å². The van der Waals surface area contributed by atoms with E-state index in [2.05, 4.69) is 20.7 Å². The Hall–Kier alpha value is -0.630. The predicted molar refractivity (Wildman–Crippen MR) is 79.3 cm³/mol. The van der Waals surface area contributed by atoms with Gasteiger partial charge < -0.3 is 10.8 Å². The summed E-state index contributed by atoms with van der Waals surface area (Å²) in [6.45, 7) is 5.08. The summed E-state index contributed by atoms with van der Waals surface area (Å²) in [5, 5.41) is 9.22. The molecule has 0 saturated carbocycles. The Balaban J connectivity index is 3.21. The maximum Gasteiger partial charge on any atom is 0.241 e. The van der Waals surface area contributed by atoms with Crippen LogP contribution < -0.4 is 10.5 Å². The van der Waals surface area contributed by atoms with E-state index in [4.69, 9.17) is 5.73 Å². The van der Waals surface area contributed by atoms with Crippen LogP contribution in [0.2, 0.25) is 0 Å². The molecule has 19 heavy (non-hydrogen) atoms. The maximum atomic E-state index is 12.3. The van der Waals surface area contributed by atoms with Crippen molar-refractivity contribution in [1.29, 1.82) is 0 Å². The number of nitrogens with one attached hydrogen (secondary N) is 1. The quantitative estimate of drug-likeness (QED) is 0.703. The normalized spacial score (nSPS) is 13.8. The monoisotopic (exact) mass is 350 g/mol. The molecular weight excluding hydrogens is 332 g/mol. The van der Waals surface area contributed by atoms with Crippen molar-refractivity contribution in [3.8, 4) is 0 Å². The van der Waals surface area contributed by atoms with Crippen LogP contribution in [0.3, 0.4) is 0 Å². The smallest absolute Gasteiger partial charge is 0.241 e. The molecule has 5 nitrogen and oxygen atoms in total. The Kier molecular flexibility index (Phi) is 5.37. The summed E-state index contributed by atoms with van der Waals surface area (Å²) in [6, 6.07) is 2.63. The second-order valence-electron chi connectivity index (χ2n) is 4.77. The molecule has 1 aromatic rings. The summed E-state index contributed by atoms with van der Waals surface area (Å²) in [4.78, 5) is 0.124. The van der Waals surface area contributed by atoms with E-state index in [1.165, 1.54) is 6.07 Å². The first kappa shape index (κ1) is 16.4. The van der Waals surface area contributed by atoms with E-state index in [1.807, 2.05) is 13.8 Å². The van der Waals surface area contributed by atoms with Crippen molar-refractivity contribution in [1.82, 2.24) is 4.72 Å². The highest BCUT2D eigenvalue weighted by Gasteiger charge is 2.24. The van der Waals surface area contributed by atoms with E-state index in [0.29, 0.717) is 15.7 Å². The average molecular weight is 351 g/mol. The fourth-order valence-corrected chi connectivity index (χ4v) is 3.90. The average Bonchev–Trinajstić information content (AvgIpc) is 2.30. The number of hydrogen-bond donors (Lipinski definition) is 3. The first-order valence-corrected chi connectivity index (χ1v) is 8.15. The highest BCUT2D eigenvalue weighted by molar-refractivity contribution is 9.10. The molecule has 0 heterocycles. The van der Waals surface area contributed by atoms with E-state index in [0.717, 1.165) is 0 Å². The number of rotatable bonds is 5. The molecule has 0 radical (unpaired) electrons. The van der Waals surface area contributed by atoms with Crippen molar-refractivity contribution in [2.75, 3.05) is 12.3 Å². The van der Waals surface area contributed by atoms with Gasteiger partial charge in [-0.05, 0) is 30.5 Å². The third-order valence-electron chi connectivity index (χ3n) is 2.96. The number of benzene rings is 1. The molecule has 1 atom stereocenters. The third-order valence-corrected chi connectivity index (χ3v) is 5.04. The van der Waals surface area contributed by atoms with Gasteiger partial charge in [-0.3, -0.25) is 0 Å².